The van der Waals surface area contributed by atoms with Gasteiger partial charge in [-0.15, -0.1) is 0 Å². The standard InChI is InChI=1S/C20H33NO2/c1-6-8-9-17(7-2)13-21-20(22)14-23-19-12-16(5)10-11-18(19)15(3)4/h10-12,15,17H,6-9,13-14H2,1-5H3,(H,21,22)/t17-/m1/s1. The van der Waals surface area contributed by atoms with Crippen LogP contribution in [0.25, 0.3) is 0 Å². The average molecular weight is 319 g/mol. The summed E-state index contributed by atoms with van der Waals surface area (Å²) >= 11 is 0. The molecule has 1 aromatic carbocycles. The van der Waals surface area contributed by atoms with Crippen LogP contribution in [0.15, 0.2) is 18.2 Å². The summed E-state index contributed by atoms with van der Waals surface area (Å²) in [6, 6.07) is 6.19. The zero-order valence-corrected chi connectivity index (χ0v) is 15.4. The third kappa shape index (κ3) is 7.06. The Morgan fingerprint density at radius 2 is 2.00 bits per heavy atom. The molecule has 0 heterocycles. The molecular weight excluding hydrogens is 286 g/mol. The van der Waals surface area contributed by atoms with Crippen molar-refractivity contribution >= 4 is 5.91 Å². The predicted molar refractivity (Wildman–Crippen MR) is 97.1 cm³/mol. The van der Waals surface area contributed by atoms with Gasteiger partial charge in [0.05, 0.1) is 0 Å². The molecule has 0 bridgehead atoms. The maximum atomic E-state index is 12.0. The number of nitrogens with one attached hydrogen (secondary N) is 1. The molecule has 23 heavy (non-hydrogen) atoms. The fraction of sp³-hybridized carbons (Fsp3) is 0.650. The molecule has 1 amide bonds. The summed E-state index contributed by atoms with van der Waals surface area (Å²) in [4.78, 5) is 12.0. The first-order valence-electron chi connectivity index (χ1n) is 8.97. The maximum absolute atomic E-state index is 12.0. The highest BCUT2D eigenvalue weighted by molar-refractivity contribution is 5.77. The second kappa shape index (κ2) is 10.3. The van der Waals surface area contributed by atoms with E-state index in [2.05, 4.69) is 45.1 Å². The van der Waals surface area contributed by atoms with Crippen molar-refractivity contribution < 1.29 is 9.53 Å². The molecule has 1 rings (SSSR count). The van der Waals surface area contributed by atoms with Gasteiger partial charge in [-0.25, -0.2) is 0 Å². The molecule has 0 unspecified atom stereocenters. The van der Waals surface area contributed by atoms with E-state index in [1.54, 1.807) is 0 Å². The third-order valence-corrected chi connectivity index (χ3v) is 4.28. The summed E-state index contributed by atoms with van der Waals surface area (Å²) in [5.74, 6) is 1.75. The molecule has 1 N–H and O–H groups in total. The van der Waals surface area contributed by atoms with Gasteiger partial charge in [0.1, 0.15) is 5.75 Å². The molecule has 0 radical (unpaired) electrons. The van der Waals surface area contributed by atoms with E-state index in [1.165, 1.54) is 19.3 Å². The van der Waals surface area contributed by atoms with Gasteiger partial charge >= 0.3 is 0 Å². The summed E-state index contributed by atoms with van der Waals surface area (Å²) in [6.45, 7) is 11.5. The van der Waals surface area contributed by atoms with E-state index in [4.69, 9.17) is 4.74 Å². The third-order valence-electron chi connectivity index (χ3n) is 4.28. The molecule has 0 spiro atoms. The van der Waals surface area contributed by atoms with Crippen LogP contribution in [0.4, 0.5) is 0 Å². The Balaban J connectivity index is 2.48. The number of aryl methyl sites for hydroxylation is 1. The SMILES string of the molecule is CCCC[C@@H](CC)CNC(=O)COc1cc(C)ccc1C(C)C. The van der Waals surface area contributed by atoms with Gasteiger partial charge in [0.25, 0.3) is 5.91 Å². The number of ether oxygens (including phenoxy) is 1. The zero-order chi connectivity index (χ0) is 17.2. The Bertz CT molecular complexity index is 483. The van der Waals surface area contributed by atoms with Crippen LogP contribution >= 0.6 is 0 Å². The van der Waals surface area contributed by atoms with Gasteiger partial charge in [0.15, 0.2) is 6.61 Å². The number of hydrogen-bond donors (Lipinski definition) is 1. The van der Waals surface area contributed by atoms with E-state index in [-0.39, 0.29) is 12.5 Å². The smallest absolute Gasteiger partial charge is 0.257 e. The molecule has 0 fully saturated rings. The van der Waals surface area contributed by atoms with E-state index >= 15 is 0 Å². The fourth-order valence-corrected chi connectivity index (χ4v) is 2.64. The summed E-state index contributed by atoms with van der Waals surface area (Å²) in [5.41, 5.74) is 2.30. The van der Waals surface area contributed by atoms with Gasteiger partial charge in [0, 0.05) is 6.54 Å². The molecule has 1 aromatic rings. The second-order valence-corrected chi connectivity index (χ2v) is 6.71. The molecule has 3 nitrogen and oxygen atoms in total. The van der Waals surface area contributed by atoms with Crippen LogP contribution in [0.5, 0.6) is 5.75 Å². The van der Waals surface area contributed by atoms with Gasteiger partial charge < -0.3 is 10.1 Å². The monoisotopic (exact) mass is 319 g/mol. The zero-order valence-electron chi connectivity index (χ0n) is 15.4. The highest BCUT2D eigenvalue weighted by Crippen LogP contribution is 2.27. The number of benzene rings is 1. The van der Waals surface area contributed by atoms with E-state index in [0.29, 0.717) is 11.8 Å². The van der Waals surface area contributed by atoms with Crippen molar-refractivity contribution in [3.63, 3.8) is 0 Å². The minimum atomic E-state index is -0.0313. The Morgan fingerprint density at radius 3 is 2.61 bits per heavy atom. The second-order valence-electron chi connectivity index (χ2n) is 6.71. The number of amides is 1. The van der Waals surface area contributed by atoms with Crippen molar-refractivity contribution in [2.75, 3.05) is 13.2 Å². The number of hydrogen-bond acceptors (Lipinski definition) is 2. The Kier molecular flexibility index (Phi) is 8.75. The molecule has 130 valence electrons. The van der Waals surface area contributed by atoms with Crippen LogP contribution in [0.3, 0.4) is 0 Å². The average Bonchev–Trinajstić information content (AvgIpc) is 2.52. The van der Waals surface area contributed by atoms with Gasteiger partial charge in [0.2, 0.25) is 0 Å². The Labute approximate surface area is 141 Å². The van der Waals surface area contributed by atoms with E-state index < -0.39 is 0 Å². The van der Waals surface area contributed by atoms with Crippen molar-refractivity contribution in [2.45, 2.75) is 66.2 Å². The first kappa shape index (κ1) is 19.5. The van der Waals surface area contributed by atoms with Crippen molar-refractivity contribution in [1.82, 2.24) is 5.32 Å². The number of rotatable bonds is 10. The minimum absolute atomic E-state index is 0.0313. The van der Waals surface area contributed by atoms with E-state index in [1.807, 2.05) is 13.0 Å². The predicted octanol–water partition coefficient (Wildman–Crippen LogP) is 4.83. The summed E-state index contributed by atoms with van der Waals surface area (Å²) in [5, 5.41) is 3.01. The van der Waals surface area contributed by atoms with Gasteiger partial charge in [-0.05, 0) is 42.4 Å². The molecule has 0 saturated carbocycles. The molecule has 0 saturated heterocycles. The summed E-state index contributed by atoms with van der Waals surface area (Å²) in [6.07, 6.45) is 4.73. The number of carbonyl (C=O) groups is 1. The Morgan fingerprint density at radius 1 is 1.26 bits per heavy atom. The molecule has 3 heteroatoms. The van der Waals surface area contributed by atoms with E-state index in [9.17, 15) is 4.79 Å². The molecule has 1 atom stereocenters. The lowest BCUT2D eigenvalue weighted by Gasteiger charge is -2.17. The quantitative estimate of drug-likeness (QED) is 0.671. The van der Waals surface area contributed by atoms with Gasteiger partial charge in [-0.2, -0.15) is 0 Å². The van der Waals surface area contributed by atoms with Crippen molar-refractivity contribution in [3.05, 3.63) is 29.3 Å². The lowest BCUT2D eigenvalue weighted by Crippen LogP contribution is -2.33. The molecular formula is C20H33NO2. The number of unbranched alkanes of at least 4 members (excludes halogenated alkanes) is 1. The van der Waals surface area contributed by atoms with Crippen LogP contribution in [0.2, 0.25) is 0 Å². The molecule has 0 aliphatic heterocycles. The molecule has 0 aliphatic carbocycles. The van der Waals surface area contributed by atoms with Crippen molar-refractivity contribution in [1.29, 1.82) is 0 Å². The van der Waals surface area contributed by atoms with Crippen LogP contribution in [-0.4, -0.2) is 19.1 Å². The maximum Gasteiger partial charge on any atom is 0.257 e. The fourth-order valence-electron chi connectivity index (χ4n) is 2.64. The van der Waals surface area contributed by atoms with Crippen LogP contribution in [0, 0.1) is 12.8 Å². The normalized spacial score (nSPS) is 12.3. The highest BCUT2D eigenvalue weighted by atomic mass is 16.5. The lowest BCUT2D eigenvalue weighted by atomic mass is 9.99. The topological polar surface area (TPSA) is 38.3 Å². The van der Waals surface area contributed by atoms with Crippen molar-refractivity contribution in [3.8, 4) is 5.75 Å². The first-order valence-corrected chi connectivity index (χ1v) is 8.97. The number of carbonyl (C=O) groups excluding carboxylic acids is 1. The van der Waals surface area contributed by atoms with Gasteiger partial charge in [-0.1, -0.05) is 59.1 Å². The summed E-state index contributed by atoms with van der Waals surface area (Å²) < 4.78 is 5.78. The lowest BCUT2D eigenvalue weighted by molar-refractivity contribution is -0.123. The minimum Gasteiger partial charge on any atom is -0.483 e. The molecule has 0 aliphatic rings. The van der Waals surface area contributed by atoms with Gasteiger partial charge in [-0.3, -0.25) is 4.79 Å². The van der Waals surface area contributed by atoms with Crippen LogP contribution < -0.4 is 10.1 Å². The molecule has 0 aromatic heterocycles. The summed E-state index contributed by atoms with van der Waals surface area (Å²) in [7, 11) is 0. The first-order chi connectivity index (χ1) is 11.0. The Hall–Kier alpha value is -1.51. The van der Waals surface area contributed by atoms with Crippen LogP contribution in [-0.2, 0) is 4.79 Å². The van der Waals surface area contributed by atoms with Crippen LogP contribution in [0.1, 0.15) is 70.4 Å². The van der Waals surface area contributed by atoms with E-state index in [0.717, 1.165) is 29.8 Å². The van der Waals surface area contributed by atoms with Crippen molar-refractivity contribution in [2.24, 2.45) is 5.92 Å². The largest absolute Gasteiger partial charge is 0.483 e. The highest BCUT2D eigenvalue weighted by Gasteiger charge is 2.12.